The van der Waals surface area contributed by atoms with Gasteiger partial charge in [-0.1, -0.05) is 20.8 Å². The summed E-state index contributed by atoms with van der Waals surface area (Å²) in [6, 6.07) is 0. The average Bonchev–Trinajstić information content (AvgIpc) is 1.96. The minimum Gasteiger partial charge on any atom is -0.312 e. The zero-order chi connectivity index (χ0) is 9.19. The zero-order valence-electron chi connectivity index (χ0n) is 8.65. The number of rotatable bonds is 3. The van der Waals surface area contributed by atoms with Gasteiger partial charge in [0.25, 0.3) is 0 Å². The molecule has 0 atom stereocenters. The van der Waals surface area contributed by atoms with Crippen molar-refractivity contribution in [2.24, 2.45) is 10.9 Å². The molecule has 70 valence electrons. The summed E-state index contributed by atoms with van der Waals surface area (Å²) in [6.07, 6.45) is 1.16. The van der Waals surface area contributed by atoms with E-state index in [1.165, 1.54) is 5.71 Å². The molecule has 1 rings (SSSR count). The van der Waals surface area contributed by atoms with Crippen LogP contribution in [0.25, 0.3) is 0 Å². The molecule has 1 aliphatic rings. The summed E-state index contributed by atoms with van der Waals surface area (Å²) >= 11 is 0. The summed E-state index contributed by atoms with van der Waals surface area (Å²) in [5, 5.41) is 3.29. The van der Waals surface area contributed by atoms with Gasteiger partial charge in [0.2, 0.25) is 0 Å². The molecule has 0 aromatic carbocycles. The third-order valence-corrected chi connectivity index (χ3v) is 2.82. The average molecular weight is 168 g/mol. The Bertz CT molecular complexity index is 173. The highest BCUT2D eigenvalue weighted by Gasteiger charge is 2.34. The monoisotopic (exact) mass is 168 g/mol. The summed E-state index contributed by atoms with van der Waals surface area (Å²) < 4.78 is 0. The van der Waals surface area contributed by atoms with Crippen molar-refractivity contribution in [3.63, 3.8) is 0 Å². The summed E-state index contributed by atoms with van der Waals surface area (Å²) in [5.74, 6) is 0.592. The highest BCUT2D eigenvalue weighted by atomic mass is 15.1. The summed E-state index contributed by atoms with van der Waals surface area (Å²) in [4.78, 5) is 4.79. The quantitative estimate of drug-likeness (QED) is 0.639. The van der Waals surface area contributed by atoms with Gasteiger partial charge in [0.05, 0.1) is 5.54 Å². The Morgan fingerprint density at radius 3 is 2.33 bits per heavy atom. The van der Waals surface area contributed by atoms with Crippen LogP contribution in [0.15, 0.2) is 4.99 Å². The summed E-state index contributed by atoms with van der Waals surface area (Å²) in [5.41, 5.74) is 1.53. The van der Waals surface area contributed by atoms with Crippen molar-refractivity contribution in [1.29, 1.82) is 0 Å². The lowest BCUT2D eigenvalue weighted by atomic mass is 9.89. The van der Waals surface area contributed by atoms with Gasteiger partial charge in [0.15, 0.2) is 0 Å². The minimum absolute atomic E-state index is 0.244. The van der Waals surface area contributed by atoms with Gasteiger partial charge < -0.3 is 5.32 Å². The van der Waals surface area contributed by atoms with Gasteiger partial charge in [-0.2, -0.15) is 0 Å². The van der Waals surface area contributed by atoms with Crippen molar-refractivity contribution in [3.8, 4) is 0 Å². The largest absolute Gasteiger partial charge is 0.312 e. The van der Waals surface area contributed by atoms with E-state index in [4.69, 9.17) is 4.99 Å². The van der Waals surface area contributed by atoms with Crippen molar-refractivity contribution in [1.82, 2.24) is 5.32 Å². The molecule has 1 aliphatic heterocycles. The molecular weight excluding hydrogens is 148 g/mol. The molecular formula is C10H20N2. The van der Waals surface area contributed by atoms with Crippen LogP contribution in [-0.4, -0.2) is 24.3 Å². The van der Waals surface area contributed by atoms with Crippen molar-refractivity contribution < 1.29 is 0 Å². The minimum atomic E-state index is 0.244. The fraction of sp³-hybridized carbons (Fsp3) is 0.900. The van der Waals surface area contributed by atoms with Crippen LogP contribution in [0.1, 0.15) is 34.1 Å². The summed E-state index contributed by atoms with van der Waals surface area (Å²) in [6.45, 7) is 10.9. The number of hydrogen-bond donors (Lipinski definition) is 1. The van der Waals surface area contributed by atoms with Crippen LogP contribution in [0, 0.1) is 5.92 Å². The smallest absolute Gasteiger partial charge is 0.0852 e. The molecule has 1 saturated heterocycles. The lowest BCUT2D eigenvalue weighted by Crippen LogP contribution is -2.58. The molecule has 0 aromatic rings. The molecule has 0 unspecified atom stereocenters. The van der Waals surface area contributed by atoms with E-state index < -0.39 is 0 Å². The SMILES string of the molecule is CCC1(N=C(C)C(C)C)CNC1. The first-order chi connectivity index (χ1) is 5.59. The van der Waals surface area contributed by atoms with Crippen molar-refractivity contribution >= 4 is 5.71 Å². The van der Waals surface area contributed by atoms with Crippen LogP contribution < -0.4 is 5.32 Å². The van der Waals surface area contributed by atoms with Gasteiger partial charge in [-0.05, 0) is 19.3 Å². The van der Waals surface area contributed by atoms with Gasteiger partial charge >= 0.3 is 0 Å². The first-order valence-corrected chi connectivity index (χ1v) is 4.87. The summed E-state index contributed by atoms with van der Waals surface area (Å²) in [7, 11) is 0. The maximum absolute atomic E-state index is 4.79. The van der Waals surface area contributed by atoms with E-state index in [1.54, 1.807) is 0 Å². The molecule has 0 spiro atoms. The van der Waals surface area contributed by atoms with Crippen LogP contribution >= 0.6 is 0 Å². The Labute approximate surface area is 75.5 Å². The van der Waals surface area contributed by atoms with E-state index in [-0.39, 0.29) is 5.54 Å². The second-order valence-electron chi connectivity index (χ2n) is 4.09. The molecule has 0 radical (unpaired) electrons. The molecule has 0 aliphatic carbocycles. The lowest BCUT2D eigenvalue weighted by Gasteiger charge is -2.39. The number of nitrogens with one attached hydrogen (secondary N) is 1. The van der Waals surface area contributed by atoms with Gasteiger partial charge in [0.1, 0.15) is 0 Å². The topological polar surface area (TPSA) is 24.4 Å². The second kappa shape index (κ2) is 3.56. The van der Waals surface area contributed by atoms with Gasteiger partial charge in [-0.25, -0.2) is 0 Å². The Kier molecular flexibility index (Phi) is 2.89. The highest BCUT2D eigenvalue weighted by molar-refractivity contribution is 5.84. The van der Waals surface area contributed by atoms with Crippen molar-refractivity contribution in [3.05, 3.63) is 0 Å². The van der Waals surface area contributed by atoms with Crippen LogP contribution in [0.3, 0.4) is 0 Å². The number of hydrogen-bond acceptors (Lipinski definition) is 2. The van der Waals surface area contributed by atoms with E-state index in [1.807, 2.05) is 0 Å². The first-order valence-electron chi connectivity index (χ1n) is 4.87. The second-order valence-corrected chi connectivity index (χ2v) is 4.09. The molecule has 0 aromatic heterocycles. The molecule has 0 amide bonds. The standard InChI is InChI=1S/C10H20N2/c1-5-10(6-11-7-10)12-9(4)8(2)3/h8,11H,5-7H2,1-4H3. The number of nitrogens with zero attached hydrogens (tertiary/aromatic N) is 1. The van der Waals surface area contributed by atoms with Crippen LogP contribution in [0.2, 0.25) is 0 Å². The maximum atomic E-state index is 4.79. The van der Waals surface area contributed by atoms with Gasteiger partial charge in [0, 0.05) is 18.8 Å². The molecule has 1 N–H and O–H groups in total. The van der Waals surface area contributed by atoms with E-state index in [0.29, 0.717) is 5.92 Å². The predicted octanol–water partition coefficient (Wildman–Crippen LogP) is 1.86. The third kappa shape index (κ3) is 1.86. The van der Waals surface area contributed by atoms with Gasteiger partial charge in [-0.15, -0.1) is 0 Å². The molecule has 0 saturated carbocycles. The zero-order valence-corrected chi connectivity index (χ0v) is 8.65. The van der Waals surface area contributed by atoms with E-state index in [2.05, 4.69) is 33.0 Å². The Balaban J connectivity index is 2.62. The molecule has 1 fully saturated rings. The third-order valence-electron chi connectivity index (χ3n) is 2.82. The predicted molar refractivity (Wildman–Crippen MR) is 53.8 cm³/mol. The normalized spacial score (nSPS) is 22.6. The van der Waals surface area contributed by atoms with E-state index >= 15 is 0 Å². The Morgan fingerprint density at radius 1 is 1.50 bits per heavy atom. The molecule has 12 heavy (non-hydrogen) atoms. The van der Waals surface area contributed by atoms with Crippen LogP contribution in [0.5, 0.6) is 0 Å². The fourth-order valence-corrected chi connectivity index (χ4v) is 1.32. The van der Waals surface area contributed by atoms with E-state index in [0.717, 1.165) is 19.5 Å². The Hall–Kier alpha value is -0.370. The molecule has 0 bridgehead atoms. The van der Waals surface area contributed by atoms with Crippen molar-refractivity contribution in [2.75, 3.05) is 13.1 Å². The molecule has 2 nitrogen and oxygen atoms in total. The fourth-order valence-electron chi connectivity index (χ4n) is 1.32. The molecule has 2 heteroatoms. The van der Waals surface area contributed by atoms with E-state index in [9.17, 15) is 0 Å². The van der Waals surface area contributed by atoms with Crippen molar-refractivity contribution in [2.45, 2.75) is 39.7 Å². The van der Waals surface area contributed by atoms with Crippen LogP contribution in [0.4, 0.5) is 0 Å². The van der Waals surface area contributed by atoms with Crippen LogP contribution in [-0.2, 0) is 0 Å². The van der Waals surface area contributed by atoms with Gasteiger partial charge in [-0.3, -0.25) is 4.99 Å². The first kappa shape index (κ1) is 9.72. The highest BCUT2D eigenvalue weighted by Crippen LogP contribution is 2.21. The molecule has 1 heterocycles. The maximum Gasteiger partial charge on any atom is 0.0852 e. The Morgan fingerprint density at radius 2 is 2.08 bits per heavy atom. The lowest BCUT2D eigenvalue weighted by molar-refractivity contribution is 0.274. The number of aliphatic imine (C=N–C) groups is 1.